The Morgan fingerprint density at radius 2 is 2.22 bits per heavy atom. The Morgan fingerprint density at radius 3 is 2.87 bits per heavy atom. The number of anilines is 1. The van der Waals surface area contributed by atoms with E-state index in [1.165, 1.54) is 0 Å². The van der Waals surface area contributed by atoms with Crippen LogP contribution in [0.2, 0.25) is 0 Å². The molecule has 128 valence electrons. The first kappa shape index (κ1) is 19.3. The van der Waals surface area contributed by atoms with Gasteiger partial charge in [0.15, 0.2) is 6.10 Å². The number of halogens is 1. The quantitative estimate of drug-likeness (QED) is 0.739. The van der Waals surface area contributed by atoms with Crippen LogP contribution in [0.4, 0.5) is 5.69 Å². The molecule has 2 atom stereocenters. The Kier molecular flexibility index (Phi) is 7.32. The number of nitrogens with one attached hydrogen (secondary N) is 2. The topological polar surface area (TPSA) is 93.4 Å². The lowest BCUT2D eigenvalue weighted by Gasteiger charge is -2.26. The number of ether oxygens (including phenoxy) is 1. The zero-order chi connectivity index (χ0) is 16.1. The van der Waals surface area contributed by atoms with Crippen LogP contribution in [0.15, 0.2) is 18.2 Å². The molecule has 0 aromatic heterocycles. The maximum atomic E-state index is 11.8. The standard InChI is InChI=1S/C16H23N3O3.ClH/c1-3-13-16(21)19-12-7-6-11(9-14(12)22-13)10(2)18-15(20)5-4-8-17;/h6-7,9-10,13H,3-5,8,17H2,1-2H3,(H,18,20)(H,19,21);1H. The van der Waals surface area contributed by atoms with Crippen LogP contribution in [0.25, 0.3) is 0 Å². The predicted molar refractivity (Wildman–Crippen MR) is 91.9 cm³/mol. The molecule has 0 saturated carbocycles. The van der Waals surface area contributed by atoms with Crippen molar-refractivity contribution in [2.75, 3.05) is 11.9 Å². The van der Waals surface area contributed by atoms with Crippen molar-refractivity contribution in [1.82, 2.24) is 5.32 Å². The summed E-state index contributed by atoms with van der Waals surface area (Å²) in [5.74, 6) is 0.509. The first-order chi connectivity index (χ1) is 10.5. The highest BCUT2D eigenvalue weighted by molar-refractivity contribution is 5.97. The second kappa shape index (κ2) is 8.74. The lowest BCUT2D eigenvalue weighted by Crippen LogP contribution is -2.36. The number of hydrogen-bond donors (Lipinski definition) is 3. The minimum absolute atomic E-state index is 0. The van der Waals surface area contributed by atoms with E-state index < -0.39 is 6.10 Å². The molecule has 6 nitrogen and oxygen atoms in total. The van der Waals surface area contributed by atoms with Crippen molar-refractivity contribution in [2.24, 2.45) is 5.73 Å². The largest absolute Gasteiger partial charge is 0.478 e. The summed E-state index contributed by atoms with van der Waals surface area (Å²) in [4.78, 5) is 23.5. The summed E-state index contributed by atoms with van der Waals surface area (Å²) < 4.78 is 5.71. The van der Waals surface area contributed by atoms with Gasteiger partial charge in [0.05, 0.1) is 11.7 Å². The van der Waals surface area contributed by atoms with E-state index in [0.717, 1.165) is 5.56 Å². The molecule has 1 aromatic carbocycles. The van der Waals surface area contributed by atoms with E-state index >= 15 is 0 Å². The molecule has 7 heteroatoms. The molecule has 0 fully saturated rings. The van der Waals surface area contributed by atoms with Crippen LogP contribution in [0.5, 0.6) is 5.75 Å². The molecular formula is C16H24ClN3O3. The molecule has 0 spiro atoms. The number of benzene rings is 1. The molecule has 0 aliphatic carbocycles. The molecule has 2 rings (SSSR count). The molecule has 23 heavy (non-hydrogen) atoms. The lowest BCUT2D eigenvalue weighted by molar-refractivity contribution is -0.123. The second-order valence-electron chi connectivity index (χ2n) is 5.44. The van der Waals surface area contributed by atoms with Gasteiger partial charge < -0.3 is 21.1 Å². The summed E-state index contributed by atoms with van der Waals surface area (Å²) in [6.07, 6.45) is 1.25. The Hall–Kier alpha value is -1.79. The van der Waals surface area contributed by atoms with Crippen LogP contribution >= 0.6 is 12.4 Å². The van der Waals surface area contributed by atoms with Gasteiger partial charge >= 0.3 is 0 Å². The SMILES string of the molecule is CCC1Oc2cc(C(C)NC(=O)CCCN)ccc2NC1=O.Cl. The van der Waals surface area contributed by atoms with Gasteiger partial charge in [-0.15, -0.1) is 12.4 Å². The molecule has 2 amide bonds. The van der Waals surface area contributed by atoms with Crippen LogP contribution < -0.4 is 21.1 Å². The lowest BCUT2D eigenvalue weighted by atomic mass is 10.1. The van der Waals surface area contributed by atoms with Crippen LogP contribution in [0.3, 0.4) is 0 Å². The van der Waals surface area contributed by atoms with Gasteiger partial charge in [0.1, 0.15) is 5.75 Å². The summed E-state index contributed by atoms with van der Waals surface area (Å²) >= 11 is 0. The monoisotopic (exact) mass is 341 g/mol. The molecule has 0 radical (unpaired) electrons. The van der Waals surface area contributed by atoms with Gasteiger partial charge in [-0.1, -0.05) is 13.0 Å². The summed E-state index contributed by atoms with van der Waals surface area (Å²) in [5.41, 5.74) is 7.00. The minimum atomic E-state index is -0.461. The van der Waals surface area contributed by atoms with Gasteiger partial charge in [0, 0.05) is 6.42 Å². The highest BCUT2D eigenvalue weighted by atomic mass is 35.5. The fourth-order valence-electron chi connectivity index (χ4n) is 2.36. The number of carbonyl (C=O) groups is 2. The van der Waals surface area contributed by atoms with Crippen molar-refractivity contribution in [2.45, 2.75) is 45.3 Å². The van der Waals surface area contributed by atoms with Gasteiger partial charge in [-0.3, -0.25) is 9.59 Å². The number of nitrogens with two attached hydrogens (primary N) is 1. The molecule has 0 bridgehead atoms. The van der Waals surface area contributed by atoms with E-state index in [1.807, 2.05) is 26.0 Å². The number of rotatable bonds is 6. The highest BCUT2D eigenvalue weighted by Gasteiger charge is 2.26. The van der Waals surface area contributed by atoms with Crippen LogP contribution in [-0.2, 0) is 9.59 Å². The van der Waals surface area contributed by atoms with Gasteiger partial charge in [0.2, 0.25) is 5.91 Å². The van der Waals surface area contributed by atoms with Crippen LogP contribution in [0.1, 0.15) is 44.7 Å². The minimum Gasteiger partial charge on any atom is -0.478 e. The fourth-order valence-corrected chi connectivity index (χ4v) is 2.36. The molecule has 1 aliphatic rings. The number of hydrogen-bond acceptors (Lipinski definition) is 4. The van der Waals surface area contributed by atoms with E-state index in [4.69, 9.17) is 10.5 Å². The molecule has 2 unspecified atom stereocenters. The van der Waals surface area contributed by atoms with Crippen molar-refractivity contribution in [3.05, 3.63) is 23.8 Å². The Morgan fingerprint density at radius 1 is 1.48 bits per heavy atom. The summed E-state index contributed by atoms with van der Waals surface area (Å²) in [5, 5.41) is 5.76. The van der Waals surface area contributed by atoms with Crippen molar-refractivity contribution in [3.8, 4) is 5.75 Å². The number of carbonyl (C=O) groups excluding carboxylic acids is 2. The first-order valence-corrected chi connectivity index (χ1v) is 7.66. The van der Waals surface area contributed by atoms with E-state index in [-0.39, 0.29) is 30.3 Å². The molecule has 1 aliphatic heterocycles. The average molecular weight is 342 g/mol. The number of amides is 2. The fraction of sp³-hybridized carbons (Fsp3) is 0.500. The molecule has 1 aromatic rings. The average Bonchev–Trinajstić information content (AvgIpc) is 2.51. The maximum Gasteiger partial charge on any atom is 0.265 e. The van der Waals surface area contributed by atoms with Gasteiger partial charge in [-0.25, -0.2) is 0 Å². The van der Waals surface area contributed by atoms with Crippen molar-refractivity contribution in [1.29, 1.82) is 0 Å². The smallest absolute Gasteiger partial charge is 0.265 e. The van der Waals surface area contributed by atoms with Gasteiger partial charge in [-0.05, 0) is 44.0 Å². The molecule has 4 N–H and O–H groups in total. The third-order valence-electron chi connectivity index (χ3n) is 3.68. The predicted octanol–water partition coefficient (Wildman–Crippen LogP) is 2.13. The van der Waals surface area contributed by atoms with E-state index in [2.05, 4.69) is 10.6 Å². The van der Waals surface area contributed by atoms with E-state index in [1.54, 1.807) is 6.07 Å². The Balaban J connectivity index is 0.00000264. The highest BCUT2D eigenvalue weighted by Crippen LogP contribution is 2.32. The maximum absolute atomic E-state index is 11.8. The zero-order valence-electron chi connectivity index (χ0n) is 13.4. The number of fused-ring (bicyclic) bond motifs is 1. The van der Waals surface area contributed by atoms with Crippen molar-refractivity contribution < 1.29 is 14.3 Å². The van der Waals surface area contributed by atoms with Gasteiger partial charge in [0.25, 0.3) is 5.91 Å². The molecular weight excluding hydrogens is 318 g/mol. The Bertz CT molecular complexity index is 566. The van der Waals surface area contributed by atoms with Crippen molar-refractivity contribution >= 4 is 29.9 Å². The summed E-state index contributed by atoms with van der Waals surface area (Å²) in [6.45, 7) is 4.33. The molecule has 0 saturated heterocycles. The first-order valence-electron chi connectivity index (χ1n) is 7.66. The van der Waals surface area contributed by atoms with E-state index in [9.17, 15) is 9.59 Å². The Labute approximate surface area is 142 Å². The van der Waals surface area contributed by atoms with Gasteiger partial charge in [-0.2, -0.15) is 0 Å². The third kappa shape index (κ3) is 4.84. The third-order valence-corrected chi connectivity index (χ3v) is 3.68. The molecule has 1 heterocycles. The van der Waals surface area contributed by atoms with E-state index in [0.29, 0.717) is 37.2 Å². The zero-order valence-corrected chi connectivity index (χ0v) is 14.2. The second-order valence-corrected chi connectivity index (χ2v) is 5.44. The van der Waals surface area contributed by atoms with Crippen molar-refractivity contribution in [3.63, 3.8) is 0 Å². The van der Waals surface area contributed by atoms with Crippen LogP contribution in [0, 0.1) is 0 Å². The van der Waals surface area contributed by atoms with Crippen LogP contribution in [-0.4, -0.2) is 24.5 Å². The normalized spacial score (nSPS) is 17.2. The summed E-state index contributed by atoms with van der Waals surface area (Å²) in [7, 11) is 0. The summed E-state index contributed by atoms with van der Waals surface area (Å²) in [6, 6.07) is 5.42.